The molecule has 0 heterocycles. The molecule has 0 bridgehead atoms. The molecule has 106 valence electrons. The van der Waals surface area contributed by atoms with Crippen molar-refractivity contribution in [3.05, 3.63) is 71.8 Å². The van der Waals surface area contributed by atoms with Crippen LogP contribution in [0.25, 0.3) is 6.08 Å². The highest BCUT2D eigenvalue weighted by Gasteiger charge is 2.03. The van der Waals surface area contributed by atoms with Crippen molar-refractivity contribution in [1.29, 1.82) is 0 Å². The largest absolute Gasteiger partial charge is 0.482 e. The van der Waals surface area contributed by atoms with E-state index in [1.807, 2.05) is 30.3 Å². The lowest BCUT2D eigenvalue weighted by molar-refractivity contribution is -0.139. The molecule has 4 heteroatoms. The first-order valence-corrected chi connectivity index (χ1v) is 6.37. The van der Waals surface area contributed by atoms with E-state index in [1.165, 1.54) is 6.08 Å². The lowest BCUT2D eigenvalue weighted by atomic mass is 10.1. The number of carboxylic acids is 1. The van der Waals surface area contributed by atoms with Gasteiger partial charge in [-0.1, -0.05) is 36.4 Å². The zero-order chi connectivity index (χ0) is 15.1. The molecule has 0 aliphatic carbocycles. The molecule has 0 spiro atoms. The van der Waals surface area contributed by atoms with E-state index < -0.39 is 12.6 Å². The van der Waals surface area contributed by atoms with Gasteiger partial charge in [-0.3, -0.25) is 4.79 Å². The Hall–Kier alpha value is -2.88. The van der Waals surface area contributed by atoms with Gasteiger partial charge in [0.15, 0.2) is 12.4 Å². The Labute approximate surface area is 122 Å². The average Bonchev–Trinajstić information content (AvgIpc) is 2.52. The van der Waals surface area contributed by atoms with E-state index in [1.54, 1.807) is 30.3 Å². The average molecular weight is 282 g/mol. The molecule has 0 radical (unpaired) electrons. The van der Waals surface area contributed by atoms with Crippen LogP contribution in [0.2, 0.25) is 0 Å². The SMILES string of the molecule is O=C(O)COc1ccc(C(=O)/C=C/c2ccccc2)cc1. The Balaban J connectivity index is 2.00. The van der Waals surface area contributed by atoms with Gasteiger partial charge in [0.25, 0.3) is 0 Å². The van der Waals surface area contributed by atoms with Gasteiger partial charge in [-0.15, -0.1) is 0 Å². The molecule has 2 aromatic rings. The van der Waals surface area contributed by atoms with Crippen molar-refractivity contribution >= 4 is 17.8 Å². The summed E-state index contributed by atoms with van der Waals surface area (Å²) in [4.78, 5) is 22.4. The Morgan fingerprint density at radius 3 is 2.29 bits per heavy atom. The van der Waals surface area contributed by atoms with Crippen LogP contribution in [0.1, 0.15) is 15.9 Å². The zero-order valence-electron chi connectivity index (χ0n) is 11.2. The van der Waals surface area contributed by atoms with E-state index in [0.717, 1.165) is 5.56 Å². The molecule has 0 aromatic heterocycles. The van der Waals surface area contributed by atoms with Crippen molar-refractivity contribution in [3.63, 3.8) is 0 Å². The van der Waals surface area contributed by atoms with Gasteiger partial charge in [-0.25, -0.2) is 4.79 Å². The maximum absolute atomic E-state index is 12.0. The third-order valence-corrected chi connectivity index (χ3v) is 2.73. The number of hydrogen-bond donors (Lipinski definition) is 1. The van der Waals surface area contributed by atoms with Crippen molar-refractivity contribution in [2.75, 3.05) is 6.61 Å². The molecule has 2 aromatic carbocycles. The van der Waals surface area contributed by atoms with Crippen LogP contribution in [0.5, 0.6) is 5.75 Å². The topological polar surface area (TPSA) is 63.6 Å². The monoisotopic (exact) mass is 282 g/mol. The number of allylic oxidation sites excluding steroid dienone is 1. The Morgan fingerprint density at radius 2 is 1.67 bits per heavy atom. The number of ether oxygens (including phenoxy) is 1. The molecule has 0 saturated heterocycles. The number of hydrogen-bond acceptors (Lipinski definition) is 3. The molecule has 2 rings (SSSR count). The Bertz CT molecular complexity index is 642. The predicted octanol–water partition coefficient (Wildman–Crippen LogP) is 3.05. The van der Waals surface area contributed by atoms with Crippen molar-refractivity contribution < 1.29 is 19.4 Å². The van der Waals surface area contributed by atoms with Crippen LogP contribution in [-0.2, 0) is 4.79 Å². The summed E-state index contributed by atoms with van der Waals surface area (Å²) >= 11 is 0. The lowest BCUT2D eigenvalue weighted by Gasteiger charge is -2.03. The summed E-state index contributed by atoms with van der Waals surface area (Å²) in [7, 11) is 0. The number of carbonyl (C=O) groups is 2. The van der Waals surface area contributed by atoms with Gasteiger partial charge in [0.1, 0.15) is 5.75 Å². The number of benzene rings is 2. The highest BCUT2D eigenvalue weighted by molar-refractivity contribution is 6.06. The standard InChI is InChI=1S/C17H14O4/c18-16(11-6-13-4-2-1-3-5-13)14-7-9-15(10-8-14)21-12-17(19)20/h1-11H,12H2,(H,19,20)/b11-6+. The molecule has 0 unspecified atom stereocenters. The smallest absolute Gasteiger partial charge is 0.341 e. The van der Waals surface area contributed by atoms with Gasteiger partial charge >= 0.3 is 5.97 Å². The van der Waals surface area contributed by atoms with Crippen LogP contribution < -0.4 is 4.74 Å². The predicted molar refractivity (Wildman–Crippen MR) is 79.4 cm³/mol. The highest BCUT2D eigenvalue weighted by Crippen LogP contribution is 2.13. The van der Waals surface area contributed by atoms with E-state index in [-0.39, 0.29) is 5.78 Å². The molecule has 21 heavy (non-hydrogen) atoms. The molecule has 1 N–H and O–H groups in total. The molecule has 4 nitrogen and oxygen atoms in total. The van der Waals surface area contributed by atoms with Crippen molar-refractivity contribution in [2.24, 2.45) is 0 Å². The molecule has 0 aliphatic heterocycles. The minimum atomic E-state index is -1.04. The fourth-order valence-corrected chi connectivity index (χ4v) is 1.69. The molecule has 0 atom stereocenters. The van der Waals surface area contributed by atoms with Crippen molar-refractivity contribution in [2.45, 2.75) is 0 Å². The maximum atomic E-state index is 12.0. The van der Waals surface area contributed by atoms with Crippen LogP contribution in [0, 0.1) is 0 Å². The molecule has 0 amide bonds. The maximum Gasteiger partial charge on any atom is 0.341 e. The quantitative estimate of drug-likeness (QED) is 0.653. The van der Waals surface area contributed by atoms with Gasteiger partial charge in [0.2, 0.25) is 0 Å². The molecular formula is C17H14O4. The number of carboxylic acid groups (broad SMARTS) is 1. The Morgan fingerprint density at radius 1 is 1.00 bits per heavy atom. The molecular weight excluding hydrogens is 268 g/mol. The van der Waals surface area contributed by atoms with Gasteiger partial charge in [0.05, 0.1) is 0 Å². The second-order valence-corrected chi connectivity index (χ2v) is 4.32. The fourth-order valence-electron chi connectivity index (χ4n) is 1.69. The van der Waals surface area contributed by atoms with Gasteiger partial charge in [-0.05, 0) is 35.9 Å². The summed E-state index contributed by atoms with van der Waals surface area (Å²) < 4.78 is 5.00. The second kappa shape index (κ2) is 7.05. The van der Waals surface area contributed by atoms with Crippen LogP contribution in [-0.4, -0.2) is 23.5 Å². The number of aliphatic carboxylic acids is 1. The molecule has 0 aliphatic rings. The normalized spacial score (nSPS) is 10.5. The molecule has 0 fully saturated rings. The van der Waals surface area contributed by atoms with Crippen LogP contribution in [0.15, 0.2) is 60.7 Å². The third-order valence-electron chi connectivity index (χ3n) is 2.73. The summed E-state index contributed by atoms with van der Waals surface area (Å²) in [5, 5.41) is 8.51. The minimum Gasteiger partial charge on any atom is -0.482 e. The summed E-state index contributed by atoms with van der Waals surface area (Å²) in [5.74, 6) is -0.745. The van der Waals surface area contributed by atoms with Crippen LogP contribution >= 0.6 is 0 Å². The van der Waals surface area contributed by atoms with Crippen molar-refractivity contribution in [3.8, 4) is 5.75 Å². The number of rotatable bonds is 6. The van der Waals surface area contributed by atoms with E-state index in [0.29, 0.717) is 11.3 Å². The number of ketones is 1. The van der Waals surface area contributed by atoms with Gasteiger partial charge in [0, 0.05) is 5.56 Å². The van der Waals surface area contributed by atoms with E-state index in [2.05, 4.69) is 0 Å². The van der Waals surface area contributed by atoms with Crippen LogP contribution in [0.4, 0.5) is 0 Å². The molecule has 0 saturated carbocycles. The van der Waals surface area contributed by atoms with Gasteiger partial charge < -0.3 is 9.84 Å². The summed E-state index contributed by atoms with van der Waals surface area (Å²) in [6, 6.07) is 15.9. The first-order valence-electron chi connectivity index (χ1n) is 6.37. The fraction of sp³-hybridized carbons (Fsp3) is 0.0588. The Kier molecular flexibility index (Phi) is 4.88. The van der Waals surface area contributed by atoms with Crippen molar-refractivity contribution in [1.82, 2.24) is 0 Å². The summed E-state index contributed by atoms with van der Waals surface area (Å²) in [6.45, 7) is -0.402. The zero-order valence-corrected chi connectivity index (χ0v) is 11.2. The summed E-state index contributed by atoms with van der Waals surface area (Å²) in [6.07, 6.45) is 3.25. The highest BCUT2D eigenvalue weighted by atomic mass is 16.5. The van der Waals surface area contributed by atoms with E-state index in [4.69, 9.17) is 9.84 Å². The van der Waals surface area contributed by atoms with E-state index in [9.17, 15) is 9.59 Å². The lowest BCUT2D eigenvalue weighted by Crippen LogP contribution is -2.09. The first-order chi connectivity index (χ1) is 10.1. The summed E-state index contributed by atoms with van der Waals surface area (Å²) in [5.41, 5.74) is 1.47. The minimum absolute atomic E-state index is 0.122. The van der Waals surface area contributed by atoms with Crippen LogP contribution in [0.3, 0.4) is 0 Å². The number of carbonyl (C=O) groups excluding carboxylic acids is 1. The second-order valence-electron chi connectivity index (χ2n) is 4.32. The van der Waals surface area contributed by atoms with Gasteiger partial charge in [-0.2, -0.15) is 0 Å². The van der Waals surface area contributed by atoms with E-state index >= 15 is 0 Å². The first kappa shape index (κ1) is 14.5. The third kappa shape index (κ3) is 4.62.